The zero-order valence-corrected chi connectivity index (χ0v) is 13.7. The molecule has 0 aliphatic rings. The number of nitrogens with one attached hydrogen (secondary N) is 2. The number of hydrogen-bond acceptors (Lipinski definition) is 5. The third-order valence-electron chi connectivity index (χ3n) is 2.93. The zero-order chi connectivity index (χ0) is 19.5. The van der Waals surface area contributed by atoms with Crippen molar-refractivity contribution in [3.63, 3.8) is 0 Å². The second-order valence-corrected chi connectivity index (χ2v) is 5.76. The Kier molecular flexibility index (Phi) is 5.54. The van der Waals surface area contributed by atoms with Crippen molar-refractivity contribution in [1.29, 1.82) is 0 Å². The van der Waals surface area contributed by atoms with E-state index in [4.69, 9.17) is 0 Å². The molecule has 0 aliphatic carbocycles. The fraction of sp³-hybridized carbons (Fsp3) is 0.214. The van der Waals surface area contributed by atoms with Gasteiger partial charge in [-0.05, 0) is 17.7 Å². The summed E-state index contributed by atoms with van der Waals surface area (Å²) < 4.78 is 76.0. The molecule has 1 aromatic carbocycles. The van der Waals surface area contributed by atoms with Gasteiger partial charge in [-0.3, -0.25) is 4.79 Å². The molecule has 0 unspecified atom stereocenters. The van der Waals surface area contributed by atoms with Crippen LogP contribution in [0.5, 0.6) is 0 Å². The largest absolute Gasteiger partial charge is 0.435 e. The predicted molar refractivity (Wildman–Crippen MR) is 83.2 cm³/mol. The number of thiazole rings is 1. The molecule has 12 heteroatoms. The van der Waals surface area contributed by atoms with Crippen LogP contribution in [-0.2, 0) is 12.4 Å². The van der Waals surface area contributed by atoms with Crippen molar-refractivity contribution in [1.82, 2.24) is 10.4 Å². The van der Waals surface area contributed by atoms with Crippen LogP contribution in [0.4, 0.5) is 31.5 Å². The third kappa shape index (κ3) is 4.71. The second kappa shape index (κ2) is 7.32. The summed E-state index contributed by atoms with van der Waals surface area (Å²) in [5, 5.41) is 5.76. The van der Waals surface area contributed by atoms with Gasteiger partial charge in [-0.15, -0.1) is 0 Å². The molecule has 0 fully saturated rings. The first kappa shape index (κ1) is 19.7. The molecule has 0 aliphatic heterocycles. The number of aromatic nitrogens is 1. The third-order valence-corrected chi connectivity index (χ3v) is 4.01. The van der Waals surface area contributed by atoms with Gasteiger partial charge in [0.05, 0.1) is 11.8 Å². The summed E-state index contributed by atoms with van der Waals surface area (Å²) in [6, 6.07) is 3.83. The molecule has 2 N–H and O–H groups in total. The molecule has 0 saturated carbocycles. The number of halogens is 6. The van der Waals surface area contributed by atoms with Crippen LogP contribution in [0.3, 0.4) is 0 Å². The Hall–Kier alpha value is -2.63. The summed E-state index contributed by atoms with van der Waals surface area (Å²) in [5.74, 6) is -1.14. The highest BCUT2D eigenvalue weighted by Gasteiger charge is 2.39. The van der Waals surface area contributed by atoms with Crippen molar-refractivity contribution < 1.29 is 31.1 Å². The minimum Gasteiger partial charge on any atom is -0.365 e. The molecule has 1 heterocycles. The van der Waals surface area contributed by atoms with Crippen molar-refractivity contribution in [2.75, 3.05) is 12.4 Å². The van der Waals surface area contributed by atoms with Crippen molar-refractivity contribution in [3.05, 3.63) is 46.0 Å². The number of hydrogen-bond donors (Lipinski definition) is 2. The van der Waals surface area contributed by atoms with Crippen molar-refractivity contribution >= 4 is 28.6 Å². The summed E-state index contributed by atoms with van der Waals surface area (Å²) in [6.45, 7) is 0. The number of benzene rings is 1. The fourth-order valence-electron chi connectivity index (χ4n) is 1.75. The summed E-state index contributed by atoms with van der Waals surface area (Å²) in [6.07, 6.45) is -8.31. The van der Waals surface area contributed by atoms with Crippen molar-refractivity contribution in [2.24, 2.45) is 5.10 Å². The smallest absolute Gasteiger partial charge is 0.365 e. The van der Waals surface area contributed by atoms with Gasteiger partial charge in [-0.2, -0.15) is 31.4 Å². The number of hydrazone groups is 1. The molecule has 26 heavy (non-hydrogen) atoms. The Bertz CT molecular complexity index is 810. The van der Waals surface area contributed by atoms with Gasteiger partial charge in [0, 0.05) is 7.05 Å². The van der Waals surface area contributed by atoms with Crippen LogP contribution in [0.15, 0.2) is 29.4 Å². The van der Waals surface area contributed by atoms with Crippen molar-refractivity contribution in [2.45, 2.75) is 12.4 Å². The number of anilines is 1. The summed E-state index contributed by atoms with van der Waals surface area (Å²) in [4.78, 5) is 14.5. The molecular weight excluding hydrogens is 386 g/mol. The maximum Gasteiger partial charge on any atom is 0.435 e. The van der Waals surface area contributed by atoms with Crippen LogP contribution in [0, 0.1) is 0 Å². The Balaban J connectivity index is 2.11. The highest BCUT2D eigenvalue weighted by molar-refractivity contribution is 7.17. The maximum absolute atomic E-state index is 12.9. The quantitative estimate of drug-likeness (QED) is 0.467. The minimum atomic E-state index is -4.82. The number of carbonyl (C=O) groups is 1. The molecule has 5 nitrogen and oxygen atoms in total. The number of amides is 1. The summed E-state index contributed by atoms with van der Waals surface area (Å²) >= 11 is 0.492. The Labute approximate surface area is 146 Å². The van der Waals surface area contributed by atoms with E-state index in [0.29, 0.717) is 11.3 Å². The normalized spacial score (nSPS) is 12.4. The van der Waals surface area contributed by atoms with Gasteiger partial charge in [0.1, 0.15) is 4.88 Å². The van der Waals surface area contributed by atoms with E-state index in [1.54, 1.807) is 0 Å². The van der Waals surface area contributed by atoms with E-state index in [1.807, 2.05) is 5.43 Å². The van der Waals surface area contributed by atoms with Crippen LogP contribution >= 0.6 is 11.3 Å². The minimum absolute atomic E-state index is 0.103. The van der Waals surface area contributed by atoms with Crippen LogP contribution in [0.2, 0.25) is 0 Å². The first-order chi connectivity index (χ1) is 12.0. The molecule has 2 rings (SSSR count). The monoisotopic (exact) mass is 396 g/mol. The van der Waals surface area contributed by atoms with Crippen LogP contribution in [0.25, 0.3) is 0 Å². The van der Waals surface area contributed by atoms with Gasteiger partial charge in [0.25, 0.3) is 5.91 Å². The van der Waals surface area contributed by atoms with E-state index in [1.165, 1.54) is 7.05 Å². The molecule has 2 aromatic rings. The maximum atomic E-state index is 12.9. The van der Waals surface area contributed by atoms with Gasteiger partial charge in [0.2, 0.25) is 0 Å². The van der Waals surface area contributed by atoms with Crippen LogP contribution in [0.1, 0.15) is 26.5 Å². The van der Waals surface area contributed by atoms with E-state index in [2.05, 4.69) is 15.4 Å². The SMILES string of the molecule is CNc1nc(C(F)(F)F)c(C(=O)N/N=C/c2ccc(C(F)(F)F)cc2)s1. The topological polar surface area (TPSA) is 66.4 Å². The van der Waals surface area contributed by atoms with Gasteiger partial charge < -0.3 is 5.32 Å². The van der Waals surface area contributed by atoms with E-state index >= 15 is 0 Å². The Morgan fingerprint density at radius 3 is 2.23 bits per heavy atom. The summed E-state index contributed by atoms with van der Waals surface area (Å²) in [5.41, 5.74) is -0.106. The highest BCUT2D eigenvalue weighted by Crippen LogP contribution is 2.36. The van der Waals surface area contributed by atoms with E-state index < -0.39 is 34.4 Å². The zero-order valence-electron chi connectivity index (χ0n) is 12.9. The lowest BCUT2D eigenvalue weighted by molar-refractivity contribution is -0.141. The lowest BCUT2D eigenvalue weighted by atomic mass is 10.1. The Morgan fingerprint density at radius 1 is 1.12 bits per heavy atom. The predicted octanol–water partition coefficient (Wildman–Crippen LogP) is 3.99. The summed E-state index contributed by atoms with van der Waals surface area (Å²) in [7, 11) is 1.35. The number of rotatable bonds is 4. The molecule has 1 aromatic heterocycles. The second-order valence-electron chi connectivity index (χ2n) is 4.76. The molecule has 0 atom stereocenters. The van der Waals surface area contributed by atoms with Gasteiger partial charge in [0.15, 0.2) is 10.8 Å². The molecule has 0 radical (unpaired) electrons. The molecular formula is C14H10F6N4OS. The van der Waals surface area contributed by atoms with Crippen molar-refractivity contribution in [3.8, 4) is 0 Å². The lowest BCUT2D eigenvalue weighted by Gasteiger charge is -2.06. The molecule has 0 bridgehead atoms. The Morgan fingerprint density at radius 2 is 1.73 bits per heavy atom. The number of carbonyl (C=O) groups excluding carboxylic acids is 1. The number of alkyl halides is 6. The highest BCUT2D eigenvalue weighted by atomic mass is 32.1. The first-order valence-electron chi connectivity index (χ1n) is 6.79. The van der Waals surface area contributed by atoms with E-state index in [0.717, 1.165) is 30.5 Å². The molecule has 140 valence electrons. The standard InChI is InChI=1S/C14H10F6N4OS/c1-21-12-23-10(14(18,19)20)9(26-12)11(25)24-22-6-7-2-4-8(5-3-7)13(15,16)17/h2-6H,1H3,(H,21,23)(H,24,25)/b22-6+. The molecule has 0 saturated heterocycles. The average molecular weight is 396 g/mol. The van der Waals surface area contributed by atoms with E-state index in [9.17, 15) is 31.1 Å². The molecule has 0 spiro atoms. The number of nitrogens with zero attached hydrogens (tertiary/aromatic N) is 2. The van der Waals surface area contributed by atoms with Gasteiger partial charge in [-0.1, -0.05) is 23.5 Å². The van der Waals surface area contributed by atoms with Gasteiger partial charge in [-0.25, -0.2) is 10.4 Å². The van der Waals surface area contributed by atoms with Crippen LogP contribution in [-0.4, -0.2) is 24.2 Å². The fourth-order valence-corrected chi connectivity index (χ4v) is 2.58. The van der Waals surface area contributed by atoms with Crippen LogP contribution < -0.4 is 10.7 Å². The lowest BCUT2D eigenvalue weighted by Crippen LogP contribution is -2.21. The average Bonchev–Trinajstić information content (AvgIpc) is 2.99. The first-order valence-corrected chi connectivity index (χ1v) is 7.60. The molecule has 1 amide bonds. The van der Waals surface area contributed by atoms with E-state index in [-0.39, 0.29) is 10.7 Å². The van der Waals surface area contributed by atoms with Gasteiger partial charge >= 0.3 is 12.4 Å².